The summed E-state index contributed by atoms with van der Waals surface area (Å²) in [6.07, 6.45) is 4.47. The number of amides is 11. The number of likely N-dealkylation sites (tertiary alicyclic amines) is 2. The second-order valence-corrected chi connectivity index (χ2v) is 34.5. The van der Waals surface area contributed by atoms with Gasteiger partial charge in [0.1, 0.15) is 36.8 Å². The number of halogens is 1. The quantitative estimate of drug-likeness (QED) is 0.0174. The topological polar surface area (TPSA) is 358 Å². The number of thioether (sulfide) groups is 1. The molecule has 0 saturated carbocycles. The van der Waals surface area contributed by atoms with E-state index >= 15 is 0 Å². The third kappa shape index (κ3) is 27.5. The number of aliphatic hydroxyl groups excluding tert-OH is 1. The predicted molar refractivity (Wildman–Crippen MR) is 419 cm³/mol. The first-order chi connectivity index (χ1) is 50.4. The van der Waals surface area contributed by atoms with Crippen molar-refractivity contribution in [2.45, 2.75) is 280 Å². The summed E-state index contributed by atoms with van der Waals surface area (Å²) in [6, 6.07) is 6.31. The molecule has 29 heteroatoms. The van der Waals surface area contributed by atoms with Crippen molar-refractivity contribution in [1.29, 1.82) is 0 Å². The average molecular weight is 1630 g/mol. The fourth-order valence-corrected chi connectivity index (χ4v) is 16.5. The van der Waals surface area contributed by atoms with Gasteiger partial charge in [-0.15, -0.1) is 11.8 Å². The van der Waals surface area contributed by atoms with Gasteiger partial charge in [0.15, 0.2) is 0 Å². The van der Waals surface area contributed by atoms with Gasteiger partial charge < -0.3 is 66.1 Å². The molecule has 0 aliphatic carbocycles. The van der Waals surface area contributed by atoms with E-state index in [2.05, 4.69) is 81.3 Å². The summed E-state index contributed by atoms with van der Waals surface area (Å²) in [5.41, 5.74) is 2.59. The molecule has 600 valence electrons. The Balaban J connectivity index is 1.34. The molecule has 2 aliphatic heterocycles. The molecule has 11 amide bonds. The van der Waals surface area contributed by atoms with Crippen LogP contribution in [0.2, 0.25) is 0 Å². The Morgan fingerprint density at radius 1 is 0.729 bits per heavy atom. The molecule has 2 saturated heterocycles. The highest BCUT2D eigenvalue weighted by molar-refractivity contribution is 14.1. The molecule has 27 nitrogen and oxygen atoms in total. The minimum absolute atomic E-state index is 0.0325. The Morgan fingerprint density at radius 3 is 1.95 bits per heavy atom. The lowest BCUT2D eigenvalue weighted by Crippen LogP contribution is -2.60. The number of carbonyl (C=O) groups is 12. The van der Waals surface area contributed by atoms with E-state index in [-0.39, 0.29) is 76.8 Å². The van der Waals surface area contributed by atoms with Gasteiger partial charge in [0.25, 0.3) is 0 Å². The lowest BCUT2D eigenvalue weighted by Gasteiger charge is -2.41. The van der Waals surface area contributed by atoms with Crippen LogP contribution in [0.5, 0.6) is 0 Å². The van der Waals surface area contributed by atoms with Crippen molar-refractivity contribution < 1.29 is 82.0 Å². The van der Waals surface area contributed by atoms with Crippen molar-refractivity contribution in [3.63, 3.8) is 0 Å². The van der Waals surface area contributed by atoms with Crippen LogP contribution in [0.1, 0.15) is 222 Å². The molecule has 2 heterocycles. The normalized spacial score (nSPS) is 18.7. The zero-order valence-electron chi connectivity index (χ0n) is 66.3. The number of carboxylic acids is 1. The number of hydrogen-bond acceptors (Lipinski definition) is 17. The number of carboxylic acid groups (broad SMARTS) is 1. The van der Waals surface area contributed by atoms with Gasteiger partial charge in [-0.2, -0.15) is 0 Å². The maximum Gasteiger partial charge on any atom is 0.410 e. The third-order valence-corrected chi connectivity index (χ3v) is 23.2. The highest BCUT2D eigenvalue weighted by atomic mass is 127. The monoisotopic (exact) mass is 1630 g/mol. The van der Waals surface area contributed by atoms with Gasteiger partial charge >= 0.3 is 12.1 Å². The Kier molecular flexibility index (Phi) is 38.6. The van der Waals surface area contributed by atoms with Crippen LogP contribution in [0.25, 0.3) is 0 Å². The number of benzene rings is 2. The van der Waals surface area contributed by atoms with Crippen molar-refractivity contribution >= 4 is 111 Å². The second kappa shape index (κ2) is 44.6. The highest BCUT2D eigenvalue weighted by Gasteiger charge is 2.46. The van der Waals surface area contributed by atoms with Gasteiger partial charge in [-0.3, -0.25) is 62.5 Å². The minimum Gasteiger partial charge on any atom is -0.481 e. The molecule has 2 aliphatic rings. The molecule has 0 bridgehead atoms. The first-order valence-corrected chi connectivity index (χ1v) is 40.0. The summed E-state index contributed by atoms with van der Waals surface area (Å²) in [7, 11) is 6.06. The maximum atomic E-state index is 14.9. The summed E-state index contributed by atoms with van der Waals surface area (Å²) in [4.78, 5) is 168. The number of carbonyl (C=O) groups excluding carboxylic acids is 11. The molecule has 8 N–H and O–H groups in total. The largest absolute Gasteiger partial charge is 0.481 e. The SMILES string of the molecule is CCCCC(CC)c1cccc([C@H](O)[C@@H](C)NC(=O)[C@H](C)[C@@H](OC)[C@@H]2CCCN2C(=O)C[C@@H](OC)[C@H]([C@@H](C)CC)N(C)C(=O)[C@@H](NC(=O)[C@H](C(C)C)N(C)C(=O)OCc2ccc(NC(=O)[C@H](CCC(=O)O)NC(=O)[C@H](C)NC(=O)[C@@H](C)NC(=O)CCN3C(=O)CC(SC(C)(I)CCCC)C3=O)cc2)C(C)C)c1. The Hall–Kier alpha value is -6.96. The molecule has 2 fully saturated rings. The van der Waals surface area contributed by atoms with Gasteiger partial charge in [0.2, 0.25) is 59.1 Å². The molecule has 107 heavy (non-hydrogen) atoms. The zero-order valence-corrected chi connectivity index (χ0v) is 69.2. The predicted octanol–water partition coefficient (Wildman–Crippen LogP) is 9.15. The Morgan fingerprint density at radius 2 is 1.36 bits per heavy atom. The maximum absolute atomic E-state index is 14.9. The standard InChI is InChI=1S/C78H123IN10O17S/c1-19-23-27-53(22-4)54-28-25-29-55(41-54)68(95)49(11)81-70(96)48(10)69(105-18)58-30-26-39-88(58)62(91)42-59(104-17)67(47(9)21-3)86(15)76(102)65(45(5)6)85-74(100)66(46(7)8)87(16)77(103)106-44-52-31-33-56(34-32-52)83-73(99)57(35-36-64(93)94)84-72(98)51(13)82-71(97)50(12)80-61(90)37-40-89-63(92)43-60(75(89)101)107-78(14,79)38-24-20-2/h25,28-29,31-34,41,45-51,53,57-60,65-69,95H,19-24,26-27,30,35-40,42-44H2,1-18H3,(H,80,90)(H,81,96)(H,82,97)(H,83,99)(H,84,98)(H,85,100)(H,93,94)/t47-,48+,49+,50+,51-,53?,57-,58-,59+,60?,65-,66-,67-,68+,69+,78?/m0/s1. The van der Waals surface area contributed by atoms with E-state index in [4.69, 9.17) is 14.2 Å². The summed E-state index contributed by atoms with van der Waals surface area (Å²) in [6.45, 7) is 25.7. The van der Waals surface area contributed by atoms with Gasteiger partial charge in [-0.25, -0.2) is 4.79 Å². The van der Waals surface area contributed by atoms with Crippen LogP contribution in [-0.2, 0) is 73.6 Å². The van der Waals surface area contributed by atoms with Gasteiger partial charge in [0.05, 0.1) is 56.8 Å². The van der Waals surface area contributed by atoms with E-state index in [1.54, 1.807) is 70.5 Å². The minimum atomic E-state index is -1.39. The summed E-state index contributed by atoms with van der Waals surface area (Å²) in [5.74, 6) is -8.03. The van der Waals surface area contributed by atoms with Gasteiger partial charge in [-0.1, -0.05) is 160 Å². The number of likely N-dealkylation sites (N-methyl/N-ethyl adjacent to an activating group) is 2. The number of anilines is 1. The van der Waals surface area contributed by atoms with Crippen LogP contribution < -0.4 is 31.9 Å². The number of unbranched alkanes of at least 4 members (excludes halogenated alkanes) is 2. The van der Waals surface area contributed by atoms with Crippen molar-refractivity contribution in [1.82, 2.24) is 46.2 Å². The molecule has 3 unspecified atom stereocenters. The molecule has 0 aromatic heterocycles. The number of alkyl halides is 1. The Bertz CT molecular complexity index is 3310. The average Bonchev–Trinajstić information content (AvgIpc) is 1.77. The van der Waals surface area contributed by atoms with Crippen LogP contribution in [0.4, 0.5) is 10.5 Å². The smallest absolute Gasteiger partial charge is 0.410 e. The van der Waals surface area contributed by atoms with E-state index in [1.807, 2.05) is 39.0 Å². The van der Waals surface area contributed by atoms with Crippen LogP contribution in [0.3, 0.4) is 0 Å². The molecule has 16 atom stereocenters. The second-order valence-electron chi connectivity index (χ2n) is 29.7. The lowest BCUT2D eigenvalue weighted by atomic mass is 9.89. The number of imide groups is 1. The number of aliphatic hydroxyl groups is 1. The number of hydrogen-bond donors (Lipinski definition) is 8. The summed E-state index contributed by atoms with van der Waals surface area (Å²) < 4.78 is 17.6. The number of nitrogens with zero attached hydrogens (tertiary/aromatic N) is 4. The van der Waals surface area contributed by atoms with Gasteiger partial charge in [-0.05, 0) is 119 Å². The molecule has 0 spiro atoms. The van der Waals surface area contributed by atoms with Crippen molar-refractivity contribution in [3.8, 4) is 0 Å². The number of methoxy groups -OCH3 is 2. The van der Waals surface area contributed by atoms with Crippen molar-refractivity contribution in [3.05, 3.63) is 65.2 Å². The van der Waals surface area contributed by atoms with Crippen LogP contribution in [0.15, 0.2) is 48.5 Å². The summed E-state index contributed by atoms with van der Waals surface area (Å²) >= 11 is 3.74. The first kappa shape index (κ1) is 92.4. The van der Waals surface area contributed by atoms with Crippen molar-refractivity contribution in [2.24, 2.45) is 23.7 Å². The summed E-state index contributed by atoms with van der Waals surface area (Å²) in [5, 5.41) is 36.5. The number of nitrogens with one attached hydrogen (secondary N) is 6. The first-order valence-electron chi connectivity index (χ1n) is 38.0. The molecule has 2 aromatic carbocycles. The van der Waals surface area contributed by atoms with Crippen LogP contribution in [-0.4, -0.2) is 211 Å². The number of ether oxygens (including phenoxy) is 3. The molecule has 2 aromatic rings. The van der Waals surface area contributed by atoms with E-state index < -0.39 is 144 Å². The van der Waals surface area contributed by atoms with E-state index in [1.165, 1.54) is 64.6 Å². The lowest BCUT2D eigenvalue weighted by molar-refractivity contribution is -0.148. The number of aliphatic carboxylic acids is 1. The molecule has 4 rings (SSSR count). The van der Waals surface area contributed by atoms with E-state index in [9.17, 15) is 67.7 Å². The fourth-order valence-electron chi connectivity index (χ4n) is 13.9. The molecule has 0 radical (unpaired) electrons. The van der Waals surface area contributed by atoms with Crippen LogP contribution >= 0.6 is 34.4 Å². The van der Waals surface area contributed by atoms with Crippen LogP contribution in [0, 0.1) is 23.7 Å². The fraction of sp³-hybridized carbons (Fsp3) is 0.692. The third-order valence-electron chi connectivity index (χ3n) is 20.6. The molecular formula is C78H123IN10O17S. The highest BCUT2D eigenvalue weighted by Crippen LogP contribution is 2.43. The zero-order chi connectivity index (χ0) is 80.3. The number of rotatable bonds is 45. The Labute approximate surface area is 651 Å². The van der Waals surface area contributed by atoms with E-state index in [0.717, 1.165) is 60.3 Å². The van der Waals surface area contributed by atoms with E-state index in [0.29, 0.717) is 37.3 Å². The van der Waals surface area contributed by atoms with Gasteiger partial charge in [0, 0.05) is 66.4 Å². The molecular weight excluding hydrogens is 1510 g/mol. The van der Waals surface area contributed by atoms with Crippen molar-refractivity contribution in [2.75, 3.05) is 46.7 Å².